The molecule has 25 heavy (non-hydrogen) atoms. The monoisotopic (exact) mass is 341 g/mol. The van der Waals surface area contributed by atoms with Crippen LogP contribution in [0.1, 0.15) is 44.1 Å². The largest absolute Gasteiger partial charge is 0.481 e. The average molecular weight is 341 g/mol. The molecule has 4 aliphatic carbocycles. The van der Waals surface area contributed by atoms with E-state index in [1.165, 1.54) is 19.3 Å². The highest BCUT2D eigenvalue weighted by molar-refractivity contribution is 6.02. The molecule has 4 fully saturated rings. The third kappa shape index (κ3) is 3.01. The first-order chi connectivity index (χ1) is 12.0. The summed E-state index contributed by atoms with van der Waals surface area (Å²) < 4.78 is 0. The van der Waals surface area contributed by atoms with Gasteiger partial charge in [-0.05, 0) is 73.7 Å². The predicted octanol–water partition coefficient (Wildman–Crippen LogP) is 3.04. The fourth-order valence-corrected chi connectivity index (χ4v) is 6.40. The van der Waals surface area contributed by atoms with Gasteiger partial charge in [-0.1, -0.05) is 30.3 Å². The van der Waals surface area contributed by atoms with Crippen LogP contribution in [0.5, 0.6) is 0 Å². The second-order valence-electron chi connectivity index (χ2n) is 8.75. The molecule has 1 unspecified atom stereocenters. The first-order valence-corrected chi connectivity index (χ1v) is 9.53. The van der Waals surface area contributed by atoms with Gasteiger partial charge in [0.15, 0.2) is 5.78 Å². The molecule has 0 saturated heterocycles. The number of rotatable bonds is 6. The van der Waals surface area contributed by atoms with Crippen molar-refractivity contribution < 1.29 is 14.7 Å². The Hall–Kier alpha value is -1.68. The highest BCUT2D eigenvalue weighted by atomic mass is 16.4. The van der Waals surface area contributed by atoms with Crippen LogP contribution in [0, 0.1) is 29.1 Å². The summed E-state index contributed by atoms with van der Waals surface area (Å²) >= 11 is 0. The summed E-state index contributed by atoms with van der Waals surface area (Å²) in [6.07, 6.45) is 6.82. The zero-order valence-electron chi connectivity index (χ0n) is 14.6. The van der Waals surface area contributed by atoms with E-state index < -0.39 is 17.9 Å². The first-order valence-electron chi connectivity index (χ1n) is 9.53. The van der Waals surface area contributed by atoms with Gasteiger partial charge in [0, 0.05) is 0 Å². The van der Waals surface area contributed by atoms with E-state index in [0.717, 1.165) is 24.8 Å². The van der Waals surface area contributed by atoms with E-state index in [0.29, 0.717) is 24.2 Å². The number of carbonyl (C=O) groups excluding carboxylic acids is 1. The van der Waals surface area contributed by atoms with E-state index in [2.05, 4.69) is 0 Å². The van der Waals surface area contributed by atoms with Crippen molar-refractivity contribution in [1.29, 1.82) is 0 Å². The molecular formula is C21H27NO3. The smallest absolute Gasteiger partial charge is 0.314 e. The molecule has 2 atom stereocenters. The van der Waals surface area contributed by atoms with Crippen LogP contribution < -0.4 is 5.73 Å². The number of carboxylic acid groups (broad SMARTS) is 1. The van der Waals surface area contributed by atoms with Gasteiger partial charge in [0.2, 0.25) is 0 Å². The molecule has 0 heterocycles. The van der Waals surface area contributed by atoms with Crippen LogP contribution >= 0.6 is 0 Å². The van der Waals surface area contributed by atoms with Gasteiger partial charge in [-0.15, -0.1) is 0 Å². The highest BCUT2D eigenvalue weighted by Gasteiger charge is 2.58. The molecule has 134 valence electrons. The average Bonchev–Trinajstić information content (AvgIpc) is 2.53. The standard InChI is InChI=1S/C21H27NO3/c22-17(9-13-4-2-1-3-5-13)19(23)18(20(24)25)21-10-14-6-15(11-21)8-16(7-14)12-21/h1-5,14-18H,6-12,22H2,(H,24,25)/t14?,15?,16?,17-,18?,21?/m0/s1. The van der Waals surface area contributed by atoms with Gasteiger partial charge in [-0.2, -0.15) is 0 Å². The Balaban J connectivity index is 1.57. The number of hydrogen-bond donors (Lipinski definition) is 2. The number of Topliss-reactive ketones (excluding diaryl/α,β-unsaturated/α-hetero) is 1. The normalized spacial score (nSPS) is 35.3. The van der Waals surface area contributed by atoms with Gasteiger partial charge >= 0.3 is 5.97 Å². The lowest BCUT2D eigenvalue weighted by atomic mass is 9.46. The van der Waals surface area contributed by atoms with Crippen molar-refractivity contribution in [3.8, 4) is 0 Å². The van der Waals surface area contributed by atoms with E-state index in [9.17, 15) is 14.7 Å². The second-order valence-corrected chi connectivity index (χ2v) is 8.75. The minimum absolute atomic E-state index is 0.265. The van der Waals surface area contributed by atoms with Crippen molar-refractivity contribution in [2.24, 2.45) is 34.8 Å². The number of aliphatic carboxylic acids is 1. The molecule has 4 bridgehead atoms. The molecule has 4 aliphatic rings. The van der Waals surface area contributed by atoms with Crippen molar-refractivity contribution in [3.63, 3.8) is 0 Å². The number of ketones is 1. The number of benzene rings is 1. The Kier molecular flexibility index (Phi) is 4.19. The van der Waals surface area contributed by atoms with E-state index in [-0.39, 0.29) is 11.2 Å². The fraction of sp³-hybridized carbons (Fsp3) is 0.619. The zero-order chi connectivity index (χ0) is 17.6. The lowest BCUT2D eigenvalue weighted by Gasteiger charge is -2.58. The maximum atomic E-state index is 13.1. The Labute approximate surface area is 148 Å². The molecule has 5 rings (SSSR count). The van der Waals surface area contributed by atoms with E-state index >= 15 is 0 Å². The van der Waals surface area contributed by atoms with Gasteiger partial charge in [0.05, 0.1) is 6.04 Å². The van der Waals surface area contributed by atoms with Crippen LogP contribution in [-0.2, 0) is 16.0 Å². The minimum atomic E-state index is -0.963. The quantitative estimate of drug-likeness (QED) is 0.779. The molecule has 4 heteroatoms. The van der Waals surface area contributed by atoms with Crippen molar-refractivity contribution >= 4 is 11.8 Å². The van der Waals surface area contributed by atoms with Crippen LogP contribution in [0.3, 0.4) is 0 Å². The number of nitrogens with two attached hydrogens (primary N) is 1. The van der Waals surface area contributed by atoms with Crippen LogP contribution in [0.25, 0.3) is 0 Å². The summed E-state index contributed by atoms with van der Waals surface area (Å²) in [5, 5.41) is 9.94. The first kappa shape index (κ1) is 16.8. The van der Waals surface area contributed by atoms with Crippen molar-refractivity contribution in [2.75, 3.05) is 0 Å². The van der Waals surface area contributed by atoms with Crippen molar-refractivity contribution in [1.82, 2.24) is 0 Å². The Morgan fingerprint density at radius 2 is 1.56 bits per heavy atom. The molecule has 4 saturated carbocycles. The molecule has 3 N–H and O–H groups in total. The third-order valence-electron chi connectivity index (χ3n) is 6.89. The van der Waals surface area contributed by atoms with Crippen LogP contribution in [0.4, 0.5) is 0 Å². The molecule has 0 amide bonds. The lowest BCUT2D eigenvalue weighted by Crippen LogP contribution is -2.56. The topological polar surface area (TPSA) is 80.4 Å². The summed E-state index contributed by atoms with van der Waals surface area (Å²) in [6.45, 7) is 0. The Morgan fingerprint density at radius 1 is 1.04 bits per heavy atom. The SMILES string of the molecule is N[C@@H](Cc1ccccc1)C(=O)C(C(=O)O)C12CC3CC(CC(C3)C1)C2. The van der Waals surface area contributed by atoms with Crippen LogP contribution in [-0.4, -0.2) is 22.9 Å². The maximum Gasteiger partial charge on any atom is 0.314 e. The molecule has 0 aliphatic heterocycles. The number of carboxylic acids is 1. The molecule has 1 aromatic rings. The summed E-state index contributed by atoms with van der Waals surface area (Å²) in [6, 6.07) is 8.89. The van der Waals surface area contributed by atoms with Gasteiger partial charge in [-0.3, -0.25) is 9.59 Å². The van der Waals surface area contributed by atoms with Crippen molar-refractivity contribution in [2.45, 2.75) is 51.0 Å². The molecule has 1 aromatic carbocycles. The Bertz CT molecular complexity index is 634. The fourth-order valence-electron chi connectivity index (χ4n) is 6.40. The van der Waals surface area contributed by atoms with Crippen molar-refractivity contribution in [3.05, 3.63) is 35.9 Å². The summed E-state index contributed by atoms with van der Waals surface area (Å²) in [5.74, 6) is -0.308. The molecule has 4 nitrogen and oxygen atoms in total. The van der Waals surface area contributed by atoms with Gasteiger partial charge in [-0.25, -0.2) is 0 Å². The summed E-state index contributed by atoms with van der Waals surface area (Å²) in [5.41, 5.74) is 6.84. The maximum absolute atomic E-state index is 13.1. The van der Waals surface area contributed by atoms with Crippen LogP contribution in [0.2, 0.25) is 0 Å². The molecular weight excluding hydrogens is 314 g/mol. The number of carbonyl (C=O) groups is 2. The number of hydrogen-bond acceptors (Lipinski definition) is 3. The lowest BCUT2D eigenvalue weighted by molar-refractivity contribution is -0.164. The summed E-state index contributed by atoms with van der Waals surface area (Å²) in [7, 11) is 0. The summed E-state index contributed by atoms with van der Waals surface area (Å²) in [4.78, 5) is 25.2. The molecule has 0 spiro atoms. The third-order valence-corrected chi connectivity index (χ3v) is 6.89. The van der Waals surface area contributed by atoms with E-state index in [1.807, 2.05) is 30.3 Å². The minimum Gasteiger partial charge on any atom is -0.481 e. The van der Waals surface area contributed by atoms with Gasteiger partial charge in [0.25, 0.3) is 0 Å². The molecule has 0 radical (unpaired) electrons. The second kappa shape index (κ2) is 6.24. The van der Waals surface area contributed by atoms with Crippen LogP contribution in [0.15, 0.2) is 30.3 Å². The molecule has 0 aromatic heterocycles. The predicted molar refractivity (Wildman–Crippen MR) is 94.9 cm³/mol. The Morgan fingerprint density at radius 3 is 2.04 bits per heavy atom. The highest BCUT2D eigenvalue weighted by Crippen LogP contribution is 2.63. The van der Waals surface area contributed by atoms with Gasteiger partial charge in [0.1, 0.15) is 5.92 Å². The zero-order valence-corrected chi connectivity index (χ0v) is 14.6. The van der Waals surface area contributed by atoms with Gasteiger partial charge < -0.3 is 10.8 Å². The van der Waals surface area contributed by atoms with E-state index in [1.54, 1.807) is 0 Å². The van der Waals surface area contributed by atoms with E-state index in [4.69, 9.17) is 5.73 Å².